The first-order valence-electron chi connectivity index (χ1n) is 5.70. The molecule has 0 saturated heterocycles. The topological polar surface area (TPSA) is 12.4 Å². The van der Waals surface area contributed by atoms with Crippen LogP contribution in [0.15, 0.2) is 47.5 Å². The number of benzene rings is 1. The summed E-state index contributed by atoms with van der Waals surface area (Å²) in [6, 6.07) is 10.7. The third kappa shape index (κ3) is 3.35. The summed E-state index contributed by atoms with van der Waals surface area (Å²) in [6.45, 7) is 0. The van der Waals surface area contributed by atoms with Gasteiger partial charge in [0.25, 0.3) is 0 Å². The number of allylic oxidation sites excluding steroid dienone is 1. The number of hydrogen-bond acceptors (Lipinski definition) is 1. The highest BCUT2D eigenvalue weighted by molar-refractivity contribution is 5.79. The molecule has 0 bridgehead atoms. The van der Waals surface area contributed by atoms with Gasteiger partial charge in [-0.3, -0.25) is 4.99 Å². The molecule has 78 valence electrons. The summed E-state index contributed by atoms with van der Waals surface area (Å²) >= 11 is 0. The molecule has 1 atom stereocenters. The zero-order valence-corrected chi connectivity index (χ0v) is 8.97. The maximum Gasteiger partial charge on any atom is 0.0680 e. The van der Waals surface area contributed by atoms with Crippen molar-refractivity contribution in [3.8, 4) is 0 Å². The van der Waals surface area contributed by atoms with Crippen molar-refractivity contribution in [2.24, 2.45) is 4.99 Å². The molecule has 1 aromatic rings. The second-order valence-corrected chi connectivity index (χ2v) is 3.97. The Hall–Kier alpha value is -1.37. The van der Waals surface area contributed by atoms with Gasteiger partial charge >= 0.3 is 0 Å². The Morgan fingerprint density at radius 3 is 2.87 bits per heavy atom. The van der Waals surface area contributed by atoms with Gasteiger partial charge in [0.2, 0.25) is 0 Å². The van der Waals surface area contributed by atoms with Crippen LogP contribution in [0.25, 0.3) is 0 Å². The molecule has 0 aliphatic heterocycles. The molecule has 15 heavy (non-hydrogen) atoms. The van der Waals surface area contributed by atoms with E-state index < -0.39 is 0 Å². The highest BCUT2D eigenvalue weighted by Crippen LogP contribution is 2.13. The van der Waals surface area contributed by atoms with Crippen molar-refractivity contribution in [1.29, 1.82) is 0 Å². The molecular weight excluding hydrogens is 182 g/mol. The van der Waals surface area contributed by atoms with Gasteiger partial charge in [-0.25, -0.2) is 0 Å². The Labute approximate surface area is 91.6 Å². The molecule has 0 amide bonds. The maximum absolute atomic E-state index is 4.60. The van der Waals surface area contributed by atoms with Crippen molar-refractivity contribution < 1.29 is 0 Å². The van der Waals surface area contributed by atoms with E-state index in [1.54, 1.807) is 0 Å². The first-order chi connectivity index (χ1) is 7.45. The molecular formula is C14H17N. The van der Waals surface area contributed by atoms with Crippen molar-refractivity contribution in [3.05, 3.63) is 48.0 Å². The Morgan fingerprint density at radius 2 is 2.00 bits per heavy atom. The molecule has 0 heterocycles. The largest absolute Gasteiger partial charge is 0.285 e. The predicted molar refractivity (Wildman–Crippen MR) is 65.4 cm³/mol. The molecule has 1 aliphatic carbocycles. The lowest BCUT2D eigenvalue weighted by Crippen LogP contribution is -1.99. The maximum atomic E-state index is 4.60. The standard InChI is InChI=1S/C14H17N/c1-2-7-11-14(10-6-1)15-12-13-8-4-3-5-9-13/h3-6,8-10,12,14H,1-2,7,11H2/b15-12+. The van der Waals surface area contributed by atoms with Crippen LogP contribution in [0.4, 0.5) is 0 Å². The summed E-state index contributed by atoms with van der Waals surface area (Å²) in [5.74, 6) is 0. The molecule has 0 N–H and O–H groups in total. The third-order valence-corrected chi connectivity index (χ3v) is 2.69. The molecule has 1 aliphatic rings. The Morgan fingerprint density at radius 1 is 1.13 bits per heavy atom. The van der Waals surface area contributed by atoms with E-state index in [1.807, 2.05) is 24.4 Å². The van der Waals surface area contributed by atoms with Crippen LogP contribution >= 0.6 is 0 Å². The fourth-order valence-electron chi connectivity index (χ4n) is 1.81. The molecule has 0 fully saturated rings. The summed E-state index contributed by atoms with van der Waals surface area (Å²) in [4.78, 5) is 4.60. The SMILES string of the molecule is C1=CC(/N=C/c2ccccc2)CCCC1. The van der Waals surface area contributed by atoms with Gasteiger partial charge in [-0.1, -0.05) is 48.9 Å². The third-order valence-electron chi connectivity index (χ3n) is 2.69. The average Bonchev–Trinajstić information content (AvgIpc) is 2.56. The summed E-state index contributed by atoms with van der Waals surface area (Å²) < 4.78 is 0. The minimum atomic E-state index is 0.396. The van der Waals surface area contributed by atoms with Gasteiger partial charge in [-0.05, 0) is 24.8 Å². The lowest BCUT2D eigenvalue weighted by atomic mass is 10.1. The van der Waals surface area contributed by atoms with E-state index in [-0.39, 0.29) is 0 Å². The van der Waals surface area contributed by atoms with Gasteiger partial charge in [0.05, 0.1) is 6.04 Å². The Bertz CT molecular complexity index is 338. The van der Waals surface area contributed by atoms with Crippen molar-refractivity contribution in [2.45, 2.75) is 31.7 Å². The zero-order valence-electron chi connectivity index (χ0n) is 8.97. The first-order valence-corrected chi connectivity index (χ1v) is 5.70. The van der Waals surface area contributed by atoms with E-state index in [2.05, 4.69) is 29.3 Å². The van der Waals surface area contributed by atoms with E-state index in [0.717, 1.165) is 0 Å². The smallest absolute Gasteiger partial charge is 0.0680 e. The fourth-order valence-corrected chi connectivity index (χ4v) is 1.81. The van der Waals surface area contributed by atoms with Gasteiger partial charge in [-0.2, -0.15) is 0 Å². The van der Waals surface area contributed by atoms with Crippen LogP contribution < -0.4 is 0 Å². The monoisotopic (exact) mass is 199 g/mol. The minimum absolute atomic E-state index is 0.396. The van der Waals surface area contributed by atoms with Crippen LogP contribution in [-0.2, 0) is 0 Å². The second kappa shape index (κ2) is 5.50. The van der Waals surface area contributed by atoms with Crippen LogP contribution in [0.1, 0.15) is 31.2 Å². The van der Waals surface area contributed by atoms with Crippen LogP contribution in [0.3, 0.4) is 0 Å². The molecule has 1 aromatic carbocycles. The van der Waals surface area contributed by atoms with E-state index in [0.29, 0.717) is 6.04 Å². The van der Waals surface area contributed by atoms with Gasteiger partial charge < -0.3 is 0 Å². The quantitative estimate of drug-likeness (QED) is 0.509. The Balaban J connectivity index is 1.98. The molecule has 0 radical (unpaired) electrons. The number of aliphatic imine (C=N–C) groups is 1. The molecule has 1 unspecified atom stereocenters. The lowest BCUT2D eigenvalue weighted by molar-refractivity contribution is 0.660. The van der Waals surface area contributed by atoms with E-state index in [9.17, 15) is 0 Å². The molecule has 0 spiro atoms. The first kappa shape index (κ1) is 10.2. The predicted octanol–water partition coefficient (Wildman–Crippen LogP) is 3.60. The number of hydrogen-bond donors (Lipinski definition) is 0. The molecule has 0 aromatic heterocycles. The highest BCUT2D eigenvalue weighted by atomic mass is 14.8. The molecule has 2 rings (SSSR count). The summed E-state index contributed by atoms with van der Waals surface area (Å²) in [5, 5.41) is 0. The minimum Gasteiger partial charge on any atom is -0.285 e. The van der Waals surface area contributed by atoms with Crippen LogP contribution in [0, 0.1) is 0 Å². The van der Waals surface area contributed by atoms with Gasteiger partial charge in [0, 0.05) is 6.21 Å². The van der Waals surface area contributed by atoms with Crippen molar-refractivity contribution in [1.82, 2.24) is 0 Å². The van der Waals surface area contributed by atoms with Gasteiger partial charge in [-0.15, -0.1) is 0 Å². The highest BCUT2D eigenvalue weighted by Gasteiger charge is 2.03. The van der Waals surface area contributed by atoms with Crippen molar-refractivity contribution in [2.75, 3.05) is 0 Å². The average molecular weight is 199 g/mol. The van der Waals surface area contributed by atoms with Gasteiger partial charge in [0.15, 0.2) is 0 Å². The number of nitrogens with zero attached hydrogens (tertiary/aromatic N) is 1. The fraction of sp³-hybridized carbons (Fsp3) is 0.357. The summed E-state index contributed by atoms with van der Waals surface area (Å²) in [5.41, 5.74) is 1.19. The second-order valence-electron chi connectivity index (χ2n) is 3.97. The van der Waals surface area contributed by atoms with E-state index in [1.165, 1.54) is 31.2 Å². The van der Waals surface area contributed by atoms with Crippen molar-refractivity contribution in [3.63, 3.8) is 0 Å². The van der Waals surface area contributed by atoms with Crippen LogP contribution in [-0.4, -0.2) is 12.3 Å². The molecule has 1 heteroatoms. The van der Waals surface area contributed by atoms with Crippen LogP contribution in [0.5, 0.6) is 0 Å². The zero-order chi connectivity index (χ0) is 10.3. The molecule has 0 saturated carbocycles. The molecule has 1 nitrogen and oxygen atoms in total. The van der Waals surface area contributed by atoms with Crippen molar-refractivity contribution >= 4 is 6.21 Å². The summed E-state index contributed by atoms with van der Waals surface area (Å²) in [7, 11) is 0. The van der Waals surface area contributed by atoms with Crippen LogP contribution in [0.2, 0.25) is 0 Å². The van der Waals surface area contributed by atoms with E-state index >= 15 is 0 Å². The number of rotatable bonds is 2. The lowest BCUT2D eigenvalue weighted by Gasteiger charge is -2.03. The Kier molecular flexibility index (Phi) is 3.72. The normalized spacial score (nSPS) is 21.7. The van der Waals surface area contributed by atoms with E-state index in [4.69, 9.17) is 0 Å². The van der Waals surface area contributed by atoms with Gasteiger partial charge in [0.1, 0.15) is 0 Å². The summed E-state index contributed by atoms with van der Waals surface area (Å²) in [6.07, 6.45) is 11.5.